The third-order valence-electron chi connectivity index (χ3n) is 5.89. The number of aryl methyl sites for hydroxylation is 1. The van der Waals surface area contributed by atoms with Crippen molar-refractivity contribution in [1.82, 2.24) is 15.5 Å². The molecular weight excluding hydrogens is 433 g/mol. The number of rotatable bonds is 17. The molecule has 0 bridgehead atoms. The third kappa shape index (κ3) is 11.9. The average Bonchev–Trinajstić information content (AvgIpc) is 2.78. The van der Waals surface area contributed by atoms with E-state index >= 15 is 0 Å². The van der Waals surface area contributed by atoms with Crippen LogP contribution in [0.25, 0.3) is 0 Å². The lowest BCUT2D eigenvalue weighted by molar-refractivity contribution is -0.131. The monoisotopic (exact) mass is 479 g/mol. The van der Waals surface area contributed by atoms with Crippen LogP contribution in [0.4, 0.5) is 4.39 Å². The number of carbonyl (C=O) groups is 2. The summed E-state index contributed by atoms with van der Waals surface area (Å²) < 4.78 is 14.0. The molecular formula is C27H46FN3O3. The highest BCUT2D eigenvalue weighted by Crippen LogP contribution is 2.13. The number of hydrogen-bond donors (Lipinski definition) is 3. The maximum Gasteiger partial charge on any atom is 0.222 e. The van der Waals surface area contributed by atoms with Crippen LogP contribution in [0.15, 0.2) is 18.2 Å². The summed E-state index contributed by atoms with van der Waals surface area (Å²) in [6.07, 6.45) is 3.34. The first kappa shape index (κ1) is 30.0. The highest BCUT2D eigenvalue weighted by Gasteiger charge is 2.22. The van der Waals surface area contributed by atoms with E-state index in [1.165, 1.54) is 6.07 Å². The van der Waals surface area contributed by atoms with E-state index in [1.807, 2.05) is 24.8 Å². The molecule has 34 heavy (non-hydrogen) atoms. The van der Waals surface area contributed by atoms with Gasteiger partial charge in [-0.2, -0.15) is 0 Å². The zero-order valence-electron chi connectivity index (χ0n) is 21.8. The van der Waals surface area contributed by atoms with Gasteiger partial charge in [0.15, 0.2) is 0 Å². The summed E-state index contributed by atoms with van der Waals surface area (Å²) in [6.45, 7) is 12.7. The van der Waals surface area contributed by atoms with Gasteiger partial charge in [0.2, 0.25) is 11.8 Å². The summed E-state index contributed by atoms with van der Waals surface area (Å²) in [6, 6.07) is 4.45. The fraction of sp³-hybridized carbons (Fsp3) is 0.704. The molecule has 0 spiro atoms. The molecule has 2 atom stereocenters. The van der Waals surface area contributed by atoms with Crippen LogP contribution >= 0.6 is 0 Å². The van der Waals surface area contributed by atoms with Gasteiger partial charge in [-0.05, 0) is 68.7 Å². The number of carbonyl (C=O) groups excluding carboxylic acids is 2. The quantitative estimate of drug-likeness (QED) is 0.295. The first-order chi connectivity index (χ1) is 16.2. The number of benzene rings is 1. The number of nitrogens with one attached hydrogen (secondary N) is 2. The average molecular weight is 480 g/mol. The second-order valence-corrected chi connectivity index (χ2v) is 9.65. The maximum atomic E-state index is 14.0. The zero-order chi connectivity index (χ0) is 25.5. The Balaban J connectivity index is 2.68. The molecule has 1 rings (SSSR count). The molecule has 0 aromatic heterocycles. The number of aliphatic hydroxyl groups excluding tert-OH is 1. The van der Waals surface area contributed by atoms with Crippen LogP contribution in [0.1, 0.15) is 77.3 Å². The molecule has 0 saturated heterocycles. The Morgan fingerprint density at radius 1 is 1.12 bits per heavy atom. The Bertz CT molecular complexity index is 736. The van der Waals surface area contributed by atoms with Gasteiger partial charge in [0.25, 0.3) is 0 Å². The van der Waals surface area contributed by atoms with Crippen molar-refractivity contribution in [2.75, 3.05) is 26.2 Å². The van der Waals surface area contributed by atoms with E-state index in [-0.39, 0.29) is 24.1 Å². The molecule has 3 N–H and O–H groups in total. The first-order valence-electron chi connectivity index (χ1n) is 12.9. The molecule has 2 amide bonds. The van der Waals surface area contributed by atoms with Crippen LogP contribution in [0, 0.1) is 18.7 Å². The molecule has 0 heterocycles. The van der Waals surface area contributed by atoms with Crippen molar-refractivity contribution in [1.29, 1.82) is 0 Å². The topological polar surface area (TPSA) is 81.7 Å². The smallest absolute Gasteiger partial charge is 0.222 e. The van der Waals surface area contributed by atoms with Crippen LogP contribution in [-0.4, -0.2) is 60.1 Å². The van der Waals surface area contributed by atoms with E-state index in [1.54, 1.807) is 13.0 Å². The largest absolute Gasteiger partial charge is 0.390 e. The van der Waals surface area contributed by atoms with E-state index in [4.69, 9.17) is 0 Å². The van der Waals surface area contributed by atoms with Crippen molar-refractivity contribution in [3.05, 3.63) is 35.1 Å². The lowest BCUT2D eigenvalue weighted by atomic mass is 9.99. The fourth-order valence-corrected chi connectivity index (χ4v) is 3.82. The molecule has 0 unspecified atom stereocenters. The Kier molecular flexibility index (Phi) is 14.7. The van der Waals surface area contributed by atoms with Gasteiger partial charge >= 0.3 is 0 Å². The van der Waals surface area contributed by atoms with Gasteiger partial charge in [-0.25, -0.2) is 4.39 Å². The molecule has 1 aromatic rings. The summed E-state index contributed by atoms with van der Waals surface area (Å²) in [5, 5.41) is 17.0. The highest BCUT2D eigenvalue weighted by molar-refractivity contribution is 5.79. The molecule has 1 aromatic carbocycles. The molecule has 0 radical (unpaired) electrons. The van der Waals surface area contributed by atoms with Crippen LogP contribution in [0.2, 0.25) is 0 Å². The summed E-state index contributed by atoms with van der Waals surface area (Å²) in [7, 11) is 0. The van der Waals surface area contributed by atoms with Gasteiger partial charge in [-0.15, -0.1) is 0 Å². The van der Waals surface area contributed by atoms with Crippen LogP contribution < -0.4 is 10.6 Å². The summed E-state index contributed by atoms with van der Waals surface area (Å²) in [5.74, 6) is 0.139. The number of nitrogens with zero attached hydrogens (tertiary/aromatic N) is 1. The molecule has 0 aliphatic rings. The first-order valence-corrected chi connectivity index (χ1v) is 12.9. The molecule has 6 nitrogen and oxygen atoms in total. The van der Waals surface area contributed by atoms with Crippen molar-refractivity contribution < 1.29 is 19.1 Å². The molecule has 0 aliphatic carbocycles. The lowest BCUT2D eigenvalue weighted by Gasteiger charge is -2.25. The fourth-order valence-electron chi connectivity index (χ4n) is 3.82. The minimum atomic E-state index is -0.813. The predicted molar refractivity (Wildman–Crippen MR) is 136 cm³/mol. The van der Waals surface area contributed by atoms with Crippen LogP contribution in [-0.2, 0) is 16.0 Å². The van der Waals surface area contributed by atoms with Gasteiger partial charge in [0, 0.05) is 32.5 Å². The van der Waals surface area contributed by atoms with E-state index < -0.39 is 12.1 Å². The normalized spacial score (nSPS) is 13.1. The second-order valence-electron chi connectivity index (χ2n) is 9.65. The number of aliphatic hydroxyl groups is 1. The van der Waals surface area contributed by atoms with Gasteiger partial charge in [-0.3, -0.25) is 9.59 Å². The summed E-state index contributed by atoms with van der Waals surface area (Å²) >= 11 is 0. The molecule has 7 heteroatoms. The molecule has 0 saturated carbocycles. The van der Waals surface area contributed by atoms with Crippen molar-refractivity contribution in [2.24, 2.45) is 5.92 Å². The Labute approximate surface area is 205 Å². The minimum Gasteiger partial charge on any atom is -0.390 e. The van der Waals surface area contributed by atoms with Crippen LogP contribution in [0.3, 0.4) is 0 Å². The number of hydrogen-bond acceptors (Lipinski definition) is 4. The van der Waals surface area contributed by atoms with E-state index in [9.17, 15) is 19.1 Å². The predicted octanol–water partition coefficient (Wildman–Crippen LogP) is 3.98. The van der Waals surface area contributed by atoms with Gasteiger partial charge in [0.1, 0.15) is 5.82 Å². The highest BCUT2D eigenvalue weighted by atomic mass is 19.1. The lowest BCUT2D eigenvalue weighted by Crippen LogP contribution is -2.49. The van der Waals surface area contributed by atoms with Crippen molar-refractivity contribution >= 4 is 11.8 Å². The summed E-state index contributed by atoms with van der Waals surface area (Å²) in [5.41, 5.74) is 1.28. The standard InChI is InChI=1S/C27H46FN3O3/c1-6-15-31(16-7-2)27(34)10-8-9-26(33)30-24(25(32)19-29-14-13-20(3)4)18-22-12-11-21(5)23(28)17-22/h11-12,17,20,24-25,29,32H,6-10,13-16,18-19H2,1-5H3,(H,30,33)/t24-,25+/m0/s1. The SMILES string of the molecule is CCCN(CCC)C(=O)CCCC(=O)N[C@@H](Cc1ccc(C)c(F)c1)[C@H](O)CNCCC(C)C. The van der Waals surface area contributed by atoms with E-state index in [0.717, 1.165) is 44.5 Å². The Hall–Kier alpha value is -1.99. The number of amides is 2. The van der Waals surface area contributed by atoms with Crippen molar-refractivity contribution in [3.63, 3.8) is 0 Å². The van der Waals surface area contributed by atoms with Crippen molar-refractivity contribution in [3.8, 4) is 0 Å². The van der Waals surface area contributed by atoms with Gasteiger partial charge in [0.05, 0.1) is 12.1 Å². The second kappa shape index (κ2) is 16.6. The molecule has 0 fully saturated rings. The molecule has 194 valence electrons. The Morgan fingerprint density at radius 3 is 2.38 bits per heavy atom. The van der Waals surface area contributed by atoms with E-state index in [2.05, 4.69) is 24.5 Å². The third-order valence-corrected chi connectivity index (χ3v) is 5.89. The zero-order valence-corrected chi connectivity index (χ0v) is 21.8. The molecule has 0 aliphatic heterocycles. The van der Waals surface area contributed by atoms with Gasteiger partial charge in [-0.1, -0.05) is 39.8 Å². The summed E-state index contributed by atoms with van der Waals surface area (Å²) in [4.78, 5) is 27.0. The minimum absolute atomic E-state index is 0.0811. The van der Waals surface area contributed by atoms with Crippen LogP contribution in [0.5, 0.6) is 0 Å². The van der Waals surface area contributed by atoms with Gasteiger partial charge < -0.3 is 20.6 Å². The van der Waals surface area contributed by atoms with E-state index in [0.29, 0.717) is 37.3 Å². The maximum absolute atomic E-state index is 14.0. The number of halogens is 1. The van der Waals surface area contributed by atoms with Crippen molar-refractivity contribution in [2.45, 2.75) is 91.7 Å². The Morgan fingerprint density at radius 2 is 1.79 bits per heavy atom.